The zero-order chi connectivity index (χ0) is 20.4. The third-order valence-electron chi connectivity index (χ3n) is 4.52. The Balaban J connectivity index is 1.54. The van der Waals surface area contributed by atoms with Gasteiger partial charge in [-0.2, -0.15) is 26.3 Å². The van der Waals surface area contributed by atoms with Gasteiger partial charge in [0.05, 0.1) is 11.1 Å². The van der Waals surface area contributed by atoms with Crippen LogP contribution in [0.25, 0.3) is 0 Å². The molecule has 0 unspecified atom stereocenters. The lowest BCUT2D eigenvalue weighted by atomic mass is 10.1. The zero-order valence-corrected chi connectivity index (χ0v) is 14.8. The van der Waals surface area contributed by atoms with Crippen molar-refractivity contribution in [3.8, 4) is 0 Å². The van der Waals surface area contributed by atoms with E-state index in [-0.39, 0.29) is 0 Å². The summed E-state index contributed by atoms with van der Waals surface area (Å²) in [6.45, 7) is 3.09. The highest BCUT2D eigenvalue weighted by atomic mass is 19.4. The quantitative estimate of drug-likeness (QED) is 0.725. The topological polar surface area (TPSA) is 32.3 Å². The summed E-state index contributed by atoms with van der Waals surface area (Å²) in [5.74, 6) is 0. The maximum absolute atomic E-state index is 12.8. The number of aromatic nitrogens is 2. The van der Waals surface area contributed by atoms with Crippen molar-refractivity contribution in [1.29, 1.82) is 0 Å². The molecule has 0 aromatic carbocycles. The van der Waals surface area contributed by atoms with E-state index in [1.807, 2.05) is 9.80 Å². The Labute approximate surface area is 157 Å². The Morgan fingerprint density at radius 1 is 0.643 bits per heavy atom. The van der Waals surface area contributed by atoms with Crippen molar-refractivity contribution in [3.63, 3.8) is 0 Å². The summed E-state index contributed by atoms with van der Waals surface area (Å²) in [6, 6.07) is 2.18. The van der Waals surface area contributed by atoms with Crippen molar-refractivity contribution in [2.75, 3.05) is 26.2 Å². The van der Waals surface area contributed by atoms with Gasteiger partial charge < -0.3 is 0 Å². The minimum Gasteiger partial charge on any atom is -0.296 e. The number of piperazine rings is 1. The van der Waals surface area contributed by atoms with Crippen LogP contribution in [0.4, 0.5) is 26.3 Å². The van der Waals surface area contributed by atoms with Crippen molar-refractivity contribution in [2.45, 2.75) is 25.4 Å². The molecular weight excluding hydrogens is 386 g/mol. The molecule has 28 heavy (non-hydrogen) atoms. The first-order valence-corrected chi connectivity index (χ1v) is 8.58. The van der Waals surface area contributed by atoms with Crippen LogP contribution in [0.2, 0.25) is 0 Å². The van der Waals surface area contributed by atoms with Crippen molar-refractivity contribution < 1.29 is 26.3 Å². The predicted molar refractivity (Wildman–Crippen MR) is 89.0 cm³/mol. The molecule has 3 rings (SSSR count). The zero-order valence-electron chi connectivity index (χ0n) is 14.8. The Morgan fingerprint density at radius 2 is 1.00 bits per heavy atom. The molecule has 0 radical (unpaired) electrons. The van der Waals surface area contributed by atoms with Gasteiger partial charge in [0.15, 0.2) is 0 Å². The average Bonchev–Trinajstić information content (AvgIpc) is 2.62. The van der Waals surface area contributed by atoms with Gasteiger partial charge >= 0.3 is 12.4 Å². The van der Waals surface area contributed by atoms with E-state index in [9.17, 15) is 26.3 Å². The van der Waals surface area contributed by atoms with E-state index < -0.39 is 23.5 Å². The summed E-state index contributed by atoms with van der Waals surface area (Å²) in [5.41, 5.74) is -0.600. The second kappa shape index (κ2) is 8.04. The van der Waals surface area contributed by atoms with E-state index in [4.69, 9.17) is 0 Å². The molecule has 10 heteroatoms. The van der Waals surface area contributed by atoms with Crippen LogP contribution in [0, 0.1) is 0 Å². The molecule has 0 atom stereocenters. The normalized spacial score (nSPS) is 17.1. The highest BCUT2D eigenvalue weighted by Crippen LogP contribution is 2.30. The Hall–Kier alpha value is -2.20. The van der Waals surface area contributed by atoms with Gasteiger partial charge in [-0.25, -0.2) is 0 Å². The van der Waals surface area contributed by atoms with Gasteiger partial charge in [-0.3, -0.25) is 19.8 Å². The summed E-state index contributed by atoms with van der Waals surface area (Å²) >= 11 is 0. The molecule has 0 aliphatic carbocycles. The Kier molecular flexibility index (Phi) is 5.90. The summed E-state index contributed by atoms with van der Waals surface area (Å²) in [6.07, 6.45) is -4.44. The van der Waals surface area contributed by atoms with Crippen LogP contribution >= 0.6 is 0 Å². The van der Waals surface area contributed by atoms with Crippen LogP contribution in [0.1, 0.15) is 22.3 Å². The first-order valence-electron chi connectivity index (χ1n) is 8.58. The van der Waals surface area contributed by atoms with Crippen LogP contribution in [0.15, 0.2) is 36.9 Å². The standard InChI is InChI=1S/C18H18F6N4/c19-17(20,21)15-5-13(7-25-9-15)11-27-1-2-28(4-3-27)12-14-6-16(10-26-8-14)18(22,23)24/h5-10H,1-4,11-12H2. The van der Waals surface area contributed by atoms with Crippen LogP contribution < -0.4 is 0 Å². The Morgan fingerprint density at radius 3 is 1.32 bits per heavy atom. The number of alkyl halides is 6. The summed E-state index contributed by atoms with van der Waals surface area (Å²) < 4.78 is 76.6. The van der Waals surface area contributed by atoms with E-state index >= 15 is 0 Å². The monoisotopic (exact) mass is 404 g/mol. The van der Waals surface area contributed by atoms with Gasteiger partial charge in [0.25, 0.3) is 0 Å². The van der Waals surface area contributed by atoms with E-state index in [1.165, 1.54) is 12.4 Å². The second-order valence-electron chi connectivity index (χ2n) is 6.71. The molecule has 0 N–H and O–H groups in total. The molecule has 0 amide bonds. The van der Waals surface area contributed by atoms with Crippen LogP contribution in [-0.4, -0.2) is 45.9 Å². The predicted octanol–water partition coefficient (Wildman–Crippen LogP) is 3.83. The van der Waals surface area contributed by atoms with Gasteiger partial charge in [0.2, 0.25) is 0 Å². The van der Waals surface area contributed by atoms with E-state index in [1.54, 1.807) is 0 Å². The average molecular weight is 404 g/mol. The summed E-state index contributed by atoms with van der Waals surface area (Å²) in [7, 11) is 0. The van der Waals surface area contributed by atoms with Crippen LogP contribution in [0.3, 0.4) is 0 Å². The molecule has 152 valence electrons. The number of nitrogens with zero attached hydrogens (tertiary/aromatic N) is 4. The highest BCUT2D eigenvalue weighted by molar-refractivity contribution is 5.21. The molecule has 4 nitrogen and oxygen atoms in total. The molecule has 1 saturated heterocycles. The lowest BCUT2D eigenvalue weighted by Crippen LogP contribution is -2.45. The number of hydrogen-bond acceptors (Lipinski definition) is 4. The lowest BCUT2D eigenvalue weighted by molar-refractivity contribution is -0.138. The van der Waals surface area contributed by atoms with Gasteiger partial charge in [-0.15, -0.1) is 0 Å². The third-order valence-corrected chi connectivity index (χ3v) is 4.52. The molecule has 3 heterocycles. The van der Waals surface area contributed by atoms with Gasteiger partial charge in [-0.05, 0) is 23.3 Å². The largest absolute Gasteiger partial charge is 0.417 e. The molecule has 1 fully saturated rings. The molecule has 1 aliphatic rings. The van der Waals surface area contributed by atoms with Crippen molar-refractivity contribution >= 4 is 0 Å². The van der Waals surface area contributed by atoms with Gasteiger partial charge in [-0.1, -0.05) is 0 Å². The number of pyridine rings is 2. The third kappa shape index (κ3) is 5.41. The molecule has 2 aromatic heterocycles. The van der Waals surface area contributed by atoms with E-state index in [2.05, 4.69) is 9.97 Å². The van der Waals surface area contributed by atoms with Crippen molar-refractivity contribution in [2.24, 2.45) is 0 Å². The molecular formula is C18H18F6N4. The second-order valence-corrected chi connectivity index (χ2v) is 6.71. The number of hydrogen-bond donors (Lipinski definition) is 0. The maximum Gasteiger partial charge on any atom is 0.417 e. The van der Waals surface area contributed by atoms with Gasteiger partial charge in [0, 0.05) is 64.1 Å². The minimum absolute atomic E-state index is 0.343. The SMILES string of the molecule is FC(F)(F)c1cncc(CN2CCN(Cc3cncc(C(F)(F)F)c3)CC2)c1. The number of halogens is 6. The highest BCUT2D eigenvalue weighted by Gasteiger charge is 2.32. The molecule has 0 spiro atoms. The maximum atomic E-state index is 12.8. The number of rotatable bonds is 4. The van der Waals surface area contributed by atoms with Crippen molar-refractivity contribution in [3.05, 3.63) is 59.2 Å². The van der Waals surface area contributed by atoms with Gasteiger partial charge in [0.1, 0.15) is 0 Å². The Bertz CT molecular complexity index is 730. The lowest BCUT2D eigenvalue weighted by Gasteiger charge is -2.34. The first-order chi connectivity index (χ1) is 13.1. The van der Waals surface area contributed by atoms with E-state index in [0.717, 1.165) is 24.5 Å². The summed E-state index contributed by atoms with van der Waals surface area (Å²) in [5, 5.41) is 0. The molecule has 0 bridgehead atoms. The fourth-order valence-corrected chi connectivity index (χ4v) is 3.08. The fraction of sp³-hybridized carbons (Fsp3) is 0.444. The molecule has 1 aliphatic heterocycles. The minimum atomic E-state index is -4.43. The first kappa shape index (κ1) is 20.5. The van der Waals surface area contributed by atoms with Crippen molar-refractivity contribution in [1.82, 2.24) is 19.8 Å². The van der Waals surface area contributed by atoms with Crippen LogP contribution in [-0.2, 0) is 25.4 Å². The summed E-state index contributed by atoms with van der Waals surface area (Å²) in [4.78, 5) is 11.3. The molecule has 2 aromatic rings. The van der Waals surface area contributed by atoms with E-state index in [0.29, 0.717) is 50.4 Å². The molecule has 0 saturated carbocycles. The fourth-order valence-electron chi connectivity index (χ4n) is 3.08. The smallest absolute Gasteiger partial charge is 0.296 e. The van der Waals surface area contributed by atoms with Crippen LogP contribution in [0.5, 0.6) is 0 Å².